The van der Waals surface area contributed by atoms with E-state index >= 15 is 0 Å². The van der Waals surface area contributed by atoms with Crippen LogP contribution in [0.15, 0.2) is 18.3 Å². The van der Waals surface area contributed by atoms with Crippen LogP contribution in [-0.4, -0.2) is 23.0 Å². The number of rotatable bonds is 6. The summed E-state index contributed by atoms with van der Waals surface area (Å²) in [4.78, 5) is 26.7. The Balaban J connectivity index is 2.64. The number of primary amides is 1. The fourth-order valence-corrected chi connectivity index (χ4v) is 1.56. The van der Waals surface area contributed by atoms with Gasteiger partial charge in [-0.05, 0) is 18.6 Å². The topological polar surface area (TPSA) is 123 Å². The van der Waals surface area contributed by atoms with Crippen LogP contribution in [0.3, 0.4) is 0 Å². The second kappa shape index (κ2) is 7.20. The van der Waals surface area contributed by atoms with Gasteiger partial charge in [-0.1, -0.05) is 19.8 Å². The number of nitrogens with one attached hydrogen (secondary N) is 2. The van der Waals surface area contributed by atoms with E-state index in [4.69, 9.17) is 11.5 Å². The third-order valence-electron chi connectivity index (χ3n) is 2.53. The van der Waals surface area contributed by atoms with Gasteiger partial charge in [0, 0.05) is 0 Å². The average molecular weight is 265 g/mol. The van der Waals surface area contributed by atoms with Crippen molar-refractivity contribution < 1.29 is 9.59 Å². The summed E-state index contributed by atoms with van der Waals surface area (Å²) in [5.41, 5.74) is 11.0. The fourth-order valence-electron chi connectivity index (χ4n) is 1.56. The second-order valence-electron chi connectivity index (χ2n) is 4.16. The van der Waals surface area contributed by atoms with E-state index in [0.717, 1.165) is 12.8 Å². The molecule has 0 spiro atoms. The number of carbonyl (C=O) groups excluding carboxylic acids is 2. The van der Waals surface area contributed by atoms with Gasteiger partial charge in [-0.25, -0.2) is 9.78 Å². The first kappa shape index (κ1) is 14.7. The number of carbonyl (C=O) groups is 2. The van der Waals surface area contributed by atoms with Crippen LogP contribution >= 0.6 is 0 Å². The molecule has 7 heteroatoms. The zero-order valence-corrected chi connectivity index (χ0v) is 10.8. The predicted octanol–water partition coefficient (Wildman–Crippen LogP) is 0.829. The molecule has 1 atom stereocenters. The first-order chi connectivity index (χ1) is 9.02. The molecule has 0 aliphatic heterocycles. The standard InChI is InChI=1S/C12H19N5O2/c1-2-3-4-9(17-12(14)19)11(18)16-8-5-6-10(13)15-7-8/h5-7,9H,2-4H2,1H3,(H2,13,15)(H,16,18)(H3,14,17,19). The van der Waals surface area contributed by atoms with E-state index in [1.165, 1.54) is 6.20 Å². The summed E-state index contributed by atoms with van der Waals surface area (Å²) in [5, 5.41) is 5.08. The number of nitrogens with two attached hydrogens (primary N) is 2. The van der Waals surface area contributed by atoms with Crippen molar-refractivity contribution >= 4 is 23.4 Å². The van der Waals surface area contributed by atoms with Crippen LogP contribution in [0.4, 0.5) is 16.3 Å². The Morgan fingerprint density at radius 3 is 2.68 bits per heavy atom. The Labute approximate surface area is 111 Å². The molecule has 6 N–H and O–H groups in total. The smallest absolute Gasteiger partial charge is 0.312 e. The molecule has 0 fully saturated rings. The zero-order chi connectivity index (χ0) is 14.3. The molecule has 0 aromatic carbocycles. The van der Waals surface area contributed by atoms with Crippen molar-refractivity contribution in [2.45, 2.75) is 32.2 Å². The SMILES string of the molecule is CCCCC(NC(N)=O)C(=O)Nc1ccc(N)nc1. The lowest BCUT2D eigenvalue weighted by atomic mass is 10.1. The Hall–Kier alpha value is -2.31. The normalized spacial score (nSPS) is 11.6. The highest BCUT2D eigenvalue weighted by molar-refractivity contribution is 5.96. The van der Waals surface area contributed by atoms with Crippen LogP contribution in [0.2, 0.25) is 0 Å². The Morgan fingerprint density at radius 1 is 1.42 bits per heavy atom. The fraction of sp³-hybridized carbons (Fsp3) is 0.417. The number of pyridine rings is 1. The molecule has 1 unspecified atom stereocenters. The van der Waals surface area contributed by atoms with E-state index in [1.807, 2.05) is 6.92 Å². The van der Waals surface area contributed by atoms with E-state index in [9.17, 15) is 9.59 Å². The lowest BCUT2D eigenvalue weighted by Crippen LogP contribution is -2.46. The van der Waals surface area contributed by atoms with Crippen molar-refractivity contribution in [1.29, 1.82) is 0 Å². The summed E-state index contributed by atoms with van der Waals surface area (Å²) < 4.78 is 0. The van der Waals surface area contributed by atoms with Crippen molar-refractivity contribution in [3.63, 3.8) is 0 Å². The molecule has 1 heterocycles. The lowest BCUT2D eigenvalue weighted by Gasteiger charge is -2.16. The monoisotopic (exact) mass is 265 g/mol. The summed E-state index contributed by atoms with van der Waals surface area (Å²) in [5.74, 6) is 0.0506. The lowest BCUT2D eigenvalue weighted by molar-refractivity contribution is -0.118. The summed E-state index contributed by atoms with van der Waals surface area (Å²) in [6.07, 6.45) is 3.73. The highest BCUT2D eigenvalue weighted by Gasteiger charge is 2.19. The molecule has 0 saturated carbocycles. The minimum absolute atomic E-state index is 0.321. The molecule has 0 bridgehead atoms. The van der Waals surface area contributed by atoms with Gasteiger partial charge in [-0.3, -0.25) is 4.79 Å². The molecule has 1 aromatic rings. The minimum Gasteiger partial charge on any atom is -0.384 e. The van der Waals surface area contributed by atoms with Crippen molar-refractivity contribution in [2.75, 3.05) is 11.1 Å². The number of urea groups is 1. The quantitative estimate of drug-likeness (QED) is 0.608. The van der Waals surface area contributed by atoms with Crippen molar-refractivity contribution in [3.05, 3.63) is 18.3 Å². The highest BCUT2D eigenvalue weighted by Crippen LogP contribution is 2.09. The Kier molecular flexibility index (Phi) is 5.59. The van der Waals surface area contributed by atoms with Crippen molar-refractivity contribution in [3.8, 4) is 0 Å². The number of unbranched alkanes of at least 4 members (excludes halogenated alkanes) is 1. The third kappa shape index (κ3) is 5.24. The van der Waals surface area contributed by atoms with Gasteiger partial charge in [0.05, 0.1) is 11.9 Å². The van der Waals surface area contributed by atoms with Gasteiger partial charge in [0.15, 0.2) is 0 Å². The number of amides is 3. The number of hydrogen-bond acceptors (Lipinski definition) is 4. The van der Waals surface area contributed by atoms with E-state index < -0.39 is 12.1 Å². The molecule has 1 rings (SSSR count). The van der Waals surface area contributed by atoms with Crippen LogP contribution < -0.4 is 22.1 Å². The maximum atomic E-state index is 12.0. The highest BCUT2D eigenvalue weighted by atomic mass is 16.2. The predicted molar refractivity (Wildman–Crippen MR) is 73.3 cm³/mol. The van der Waals surface area contributed by atoms with Gasteiger partial charge in [-0.15, -0.1) is 0 Å². The number of nitrogens with zero attached hydrogens (tertiary/aromatic N) is 1. The molecule has 0 aliphatic carbocycles. The van der Waals surface area contributed by atoms with Crippen LogP contribution in [-0.2, 0) is 4.79 Å². The minimum atomic E-state index is -0.716. The number of nitrogen functional groups attached to an aromatic ring is 1. The number of anilines is 2. The maximum absolute atomic E-state index is 12.0. The molecule has 104 valence electrons. The third-order valence-corrected chi connectivity index (χ3v) is 2.53. The van der Waals surface area contributed by atoms with Gasteiger partial charge in [-0.2, -0.15) is 0 Å². The molecule has 0 saturated heterocycles. The van der Waals surface area contributed by atoms with E-state index in [-0.39, 0.29) is 5.91 Å². The molecule has 0 aliphatic rings. The molecule has 19 heavy (non-hydrogen) atoms. The van der Waals surface area contributed by atoms with E-state index in [0.29, 0.717) is 17.9 Å². The van der Waals surface area contributed by atoms with Crippen LogP contribution in [0.1, 0.15) is 26.2 Å². The van der Waals surface area contributed by atoms with E-state index in [2.05, 4.69) is 15.6 Å². The zero-order valence-electron chi connectivity index (χ0n) is 10.8. The molecular weight excluding hydrogens is 246 g/mol. The molecular formula is C12H19N5O2. The van der Waals surface area contributed by atoms with Crippen LogP contribution in [0.25, 0.3) is 0 Å². The van der Waals surface area contributed by atoms with Crippen LogP contribution in [0, 0.1) is 0 Å². The summed E-state index contributed by atoms with van der Waals surface area (Å²) >= 11 is 0. The number of hydrogen-bond donors (Lipinski definition) is 4. The summed E-state index contributed by atoms with van der Waals surface area (Å²) in [6, 6.07) is 1.86. The van der Waals surface area contributed by atoms with Gasteiger partial charge >= 0.3 is 6.03 Å². The van der Waals surface area contributed by atoms with E-state index in [1.54, 1.807) is 12.1 Å². The van der Waals surface area contributed by atoms with Gasteiger partial charge < -0.3 is 22.1 Å². The van der Waals surface area contributed by atoms with Gasteiger partial charge in [0.25, 0.3) is 0 Å². The first-order valence-electron chi connectivity index (χ1n) is 6.11. The second-order valence-corrected chi connectivity index (χ2v) is 4.16. The van der Waals surface area contributed by atoms with Crippen LogP contribution in [0.5, 0.6) is 0 Å². The maximum Gasteiger partial charge on any atom is 0.312 e. The molecule has 7 nitrogen and oxygen atoms in total. The average Bonchev–Trinajstić information content (AvgIpc) is 2.36. The molecule has 0 radical (unpaired) electrons. The largest absolute Gasteiger partial charge is 0.384 e. The van der Waals surface area contributed by atoms with Gasteiger partial charge in [0.2, 0.25) is 5.91 Å². The molecule has 3 amide bonds. The summed E-state index contributed by atoms with van der Waals surface area (Å²) in [7, 11) is 0. The Morgan fingerprint density at radius 2 is 2.16 bits per heavy atom. The summed E-state index contributed by atoms with van der Waals surface area (Å²) in [6.45, 7) is 2.00. The Bertz CT molecular complexity index is 432. The molecule has 1 aromatic heterocycles. The van der Waals surface area contributed by atoms with Gasteiger partial charge in [0.1, 0.15) is 11.9 Å². The number of aromatic nitrogens is 1. The van der Waals surface area contributed by atoms with Crippen molar-refractivity contribution in [1.82, 2.24) is 10.3 Å². The first-order valence-corrected chi connectivity index (χ1v) is 6.11. The van der Waals surface area contributed by atoms with Crippen molar-refractivity contribution in [2.24, 2.45) is 5.73 Å².